The zero-order chi connectivity index (χ0) is 13.2. The number of carbonyl (C=O) groups excluding carboxylic acids is 2. The van der Waals surface area contributed by atoms with Gasteiger partial charge in [-0.15, -0.1) is 0 Å². The van der Waals surface area contributed by atoms with Gasteiger partial charge in [0.1, 0.15) is 5.69 Å². The van der Waals surface area contributed by atoms with Crippen molar-refractivity contribution in [2.24, 2.45) is 0 Å². The fraction of sp³-hybridized carbons (Fsp3) is 0.286. The molecule has 1 aromatic carbocycles. The number of fused-ring (bicyclic) bond motifs is 1. The maximum Gasteiger partial charge on any atom is 0.270 e. The van der Waals surface area contributed by atoms with Crippen molar-refractivity contribution in [1.82, 2.24) is 15.2 Å². The van der Waals surface area contributed by atoms with E-state index < -0.39 is 0 Å². The maximum absolute atomic E-state index is 12.4. The maximum atomic E-state index is 12.4. The standard InChI is InChI=1S/C14H15N3O2/c18-13-9-17(7-3-6-15-13)14(19)12-8-10-4-1-2-5-11(10)16-12/h1-2,4-5,8,16H,3,6-7,9H2,(H,15,18). The second-order valence-electron chi connectivity index (χ2n) is 4.70. The SMILES string of the molecule is O=C1CN(C(=O)c2cc3ccccc3[nH]2)CCCN1. The lowest BCUT2D eigenvalue weighted by molar-refractivity contribution is -0.121. The van der Waals surface area contributed by atoms with Crippen LogP contribution in [-0.2, 0) is 4.79 Å². The van der Waals surface area contributed by atoms with Crippen LogP contribution < -0.4 is 5.32 Å². The van der Waals surface area contributed by atoms with Gasteiger partial charge in [0.25, 0.3) is 5.91 Å². The van der Waals surface area contributed by atoms with Gasteiger partial charge in [-0.05, 0) is 18.6 Å². The lowest BCUT2D eigenvalue weighted by Crippen LogP contribution is -2.37. The average Bonchev–Trinajstić information content (AvgIpc) is 2.73. The Bertz CT molecular complexity index is 599. The summed E-state index contributed by atoms with van der Waals surface area (Å²) in [5, 5.41) is 3.77. The van der Waals surface area contributed by atoms with Crippen LogP contribution in [0.1, 0.15) is 16.9 Å². The molecular weight excluding hydrogens is 242 g/mol. The number of hydrogen-bond donors (Lipinski definition) is 2. The Morgan fingerprint density at radius 3 is 2.95 bits per heavy atom. The smallest absolute Gasteiger partial charge is 0.270 e. The third kappa shape index (κ3) is 2.31. The van der Waals surface area contributed by atoms with Gasteiger partial charge in [-0.1, -0.05) is 18.2 Å². The zero-order valence-electron chi connectivity index (χ0n) is 10.5. The van der Waals surface area contributed by atoms with Gasteiger partial charge in [0.05, 0.1) is 6.54 Å². The molecule has 19 heavy (non-hydrogen) atoms. The molecule has 2 amide bonds. The first-order valence-electron chi connectivity index (χ1n) is 6.38. The highest BCUT2D eigenvalue weighted by Crippen LogP contribution is 2.16. The molecule has 1 aliphatic rings. The molecule has 5 nitrogen and oxygen atoms in total. The monoisotopic (exact) mass is 257 g/mol. The van der Waals surface area contributed by atoms with Gasteiger partial charge in [-0.2, -0.15) is 0 Å². The lowest BCUT2D eigenvalue weighted by Gasteiger charge is -2.17. The van der Waals surface area contributed by atoms with Crippen LogP contribution in [0.3, 0.4) is 0 Å². The van der Waals surface area contributed by atoms with Crippen LogP contribution >= 0.6 is 0 Å². The first-order valence-corrected chi connectivity index (χ1v) is 6.38. The number of amides is 2. The Hall–Kier alpha value is -2.30. The molecule has 0 aliphatic carbocycles. The molecular formula is C14H15N3O2. The molecule has 0 bridgehead atoms. The Morgan fingerprint density at radius 1 is 1.26 bits per heavy atom. The fourth-order valence-electron chi connectivity index (χ4n) is 2.34. The van der Waals surface area contributed by atoms with Gasteiger partial charge in [0.2, 0.25) is 5.91 Å². The van der Waals surface area contributed by atoms with Crippen molar-refractivity contribution in [3.8, 4) is 0 Å². The summed E-state index contributed by atoms with van der Waals surface area (Å²) in [5.74, 6) is -0.213. The number of nitrogens with one attached hydrogen (secondary N) is 2. The molecule has 5 heteroatoms. The van der Waals surface area contributed by atoms with E-state index in [2.05, 4.69) is 10.3 Å². The van der Waals surface area contributed by atoms with Gasteiger partial charge < -0.3 is 15.2 Å². The van der Waals surface area contributed by atoms with Gasteiger partial charge in [0.15, 0.2) is 0 Å². The number of H-pyrrole nitrogens is 1. The predicted molar refractivity (Wildman–Crippen MR) is 71.8 cm³/mol. The lowest BCUT2D eigenvalue weighted by atomic mass is 10.2. The molecule has 98 valence electrons. The highest BCUT2D eigenvalue weighted by atomic mass is 16.2. The summed E-state index contributed by atoms with van der Waals surface area (Å²) in [7, 11) is 0. The summed E-state index contributed by atoms with van der Waals surface area (Å²) in [5.41, 5.74) is 1.47. The van der Waals surface area contributed by atoms with E-state index in [9.17, 15) is 9.59 Å². The number of nitrogens with zero attached hydrogens (tertiary/aromatic N) is 1. The molecule has 0 atom stereocenters. The summed E-state index contributed by atoms with van der Waals surface area (Å²) in [6.45, 7) is 1.37. The van der Waals surface area contributed by atoms with Gasteiger partial charge >= 0.3 is 0 Å². The van der Waals surface area contributed by atoms with Crippen molar-refractivity contribution in [3.63, 3.8) is 0 Å². The molecule has 1 saturated heterocycles. The number of carbonyl (C=O) groups is 2. The van der Waals surface area contributed by atoms with Crippen LogP contribution in [-0.4, -0.2) is 41.3 Å². The van der Waals surface area contributed by atoms with Crippen molar-refractivity contribution in [1.29, 1.82) is 0 Å². The number of aromatic amines is 1. The number of hydrogen-bond acceptors (Lipinski definition) is 2. The van der Waals surface area contributed by atoms with Crippen molar-refractivity contribution in [2.75, 3.05) is 19.6 Å². The minimum Gasteiger partial charge on any atom is -0.354 e. The molecule has 0 saturated carbocycles. The summed E-state index contributed by atoms with van der Waals surface area (Å²) in [4.78, 5) is 28.6. The van der Waals surface area contributed by atoms with E-state index in [4.69, 9.17) is 0 Å². The summed E-state index contributed by atoms with van der Waals surface area (Å²) >= 11 is 0. The number of rotatable bonds is 1. The molecule has 1 aromatic heterocycles. The highest BCUT2D eigenvalue weighted by molar-refractivity contribution is 5.99. The van der Waals surface area contributed by atoms with Gasteiger partial charge in [-0.3, -0.25) is 9.59 Å². The Balaban J connectivity index is 1.87. The molecule has 3 rings (SSSR count). The zero-order valence-corrected chi connectivity index (χ0v) is 10.5. The summed E-state index contributed by atoms with van der Waals surface area (Å²) in [6, 6.07) is 9.58. The van der Waals surface area contributed by atoms with E-state index in [-0.39, 0.29) is 18.4 Å². The van der Waals surface area contributed by atoms with Gasteiger partial charge in [-0.25, -0.2) is 0 Å². The highest BCUT2D eigenvalue weighted by Gasteiger charge is 2.22. The summed E-state index contributed by atoms with van der Waals surface area (Å²) in [6.07, 6.45) is 0.789. The largest absolute Gasteiger partial charge is 0.354 e. The van der Waals surface area contributed by atoms with E-state index in [1.54, 1.807) is 4.90 Å². The van der Waals surface area contributed by atoms with E-state index in [1.807, 2.05) is 30.3 Å². The number of para-hydroxylation sites is 1. The third-order valence-corrected chi connectivity index (χ3v) is 3.31. The van der Waals surface area contributed by atoms with E-state index in [0.717, 1.165) is 17.3 Å². The number of aromatic nitrogens is 1. The van der Waals surface area contributed by atoms with E-state index in [0.29, 0.717) is 18.8 Å². The summed E-state index contributed by atoms with van der Waals surface area (Å²) < 4.78 is 0. The van der Waals surface area contributed by atoms with E-state index >= 15 is 0 Å². The normalized spacial score (nSPS) is 16.2. The molecule has 1 aliphatic heterocycles. The van der Waals surface area contributed by atoms with E-state index in [1.165, 1.54) is 0 Å². The van der Waals surface area contributed by atoms with Crippen LogP contribution in [0.15, 0.2) is 30.3 Å². The molecule has 2 heterocycles. The quantitative estimate of drug-likeness (QED) is 0.804. The van der Waals surface area contributed by atoms with Crippen molar-refractivity contribution in [2.45, 2.75) is 6.42 Å². The Labute approximate surface area is 110 Å². The first kappa shape index (κ1) is 11.8. The Morgan fingerprint density at radius 2 is 2.11 bits per heavy atom. The third-order valence-electron chi connectivity index (χ3n) is 3.31. The van der Waals surface area contributed by atoms with Crippen LogP contribution in [0.4, 0.5) is 0 Å². The number of benzene rings is 1. The average molecular weight is 257 g/mol. The van der Waals surface area contributed by atoms with Crippen molar-refractivity contribution in [3.05, 3.63) is 36.0 Å². The van der Waals surface area contributed by atoms with Crippen LogP contribution in [0.25, 0.3) is 10.9 Å². The molecule has 0 radical (unpaired) electrons. The van der Waals surface area contributed by atoms with Gasteiger partial charge in [0, 0.05) is 24.0 Å². The molecule has 1 fully saturated rings. The minimum atomic E-state index is -0.117. The molecule has 0 unspecified atom stereocenters. The second kappa shape index (κ2) is 4.76. The minimum absolute atomic E-state index is 0.0954. The van der Waals surface area contributed by atoms with Crippen LogP contribution in [0.2, 0.25) is 0 Å². The molecule has 2 aromatic rings. The topological polar surface area (TPSA) is 65.2 Å². The molecule has 0 spiro atoms. The van der Waals surface area contributed by atoms with Crippen molar-refractivity contribution >= 4 is 22.7 Å². The Kier molecular flexibility index (Phi) is 2.95. The fourth-order valence-corrected chi connectivity index (χ4v) is 2.34. The van der Waals surface area contributed by atoms with Crippen molar-refractivity contribution < 1.29 is 9.59 Å². The molecule has 2 N–H and O–H groups in total. The first-order chi connectivity index (χ1) is 9.24. The van der Waals surface area contributed by atoms with Crippen LogP contribution in [0.5, 0.6) is 0 Å². The second-order valence-corrected chi connectivity index (χ2v) is 4.70. The predicted octanol–water partition coefficient (Wildman–Crippen LogP) is 1.13. The van der Waals surface area contributed by atoms with Crippen LogP contribution in [0, 0.1) is 0 Å².